The SMILES string of the molecule is Clc1nc(NCCc2c[nH]c3ccccc23)c2c3c(sc2n1)CCC3. The van der Waals surface area contributed by atoms with Crippen molar-refractivity contribution in [2.75, 3.05) is 11.9 Å². The van der Waals surface area contributed by atoms with Gasteiger partial charge in [-0.15, -0.1) is 11.3 Å². The van der Waals surface area contributed by atoms with Gasteiger partial charge in [-0.25, -0.2) is 9.97 Å². The number of aryl methyl sites for hydroxylation is 2. The molecule has 3 aromatic heterocycles. The van der Waals surface area contributed by atoms with E-state index in [1.54, 1.807) is 11.3 Å². The first-order chi connectivity index (χ1) is 12.3. The summed E-state index contributed by atoms with van der Waals surface area (Å²) < 4.78 is 0. The van der Waals surface area contributed by atoms with Crippen LogP contribution in [-0.4, -0.2) is 21.5 Å². The van der Waals surface area contributed by atoms with Gasteiger partial charge in [0.2, 0.25) is 5.28 Å². The summed E-state index contributed by atoms with van der Waals surface area (Å²) in [5.41, 5.74) is 3.92. The molecule has 0 spiro atoms. The van der Waals surface area contributed by atoms with Crippen LogP contribution in [0.2, 0.25) is 5.28 Å². The Morgan fingerprint density at radius 1 is 1.20 bits per heavy atom. The van der Waals surface area contributed by atoms with Gasteiger partial charge in [-0.1, -0.05) is 18.2 Å². The van der Waals surface area contributed by atoms with Gasteiger partial charge in [0.1, 0.15) is 10.6 Å². The number of nitrogens with one attached hydrogen (secondary N) is 2. The molecular weight excluding hydrogens is 352 g/mol. The van der Waals surface area contributed by atoms with Crippen LogP contribution in [0.1, 0.15) is 22.4 Å². The van der Waals surface area contributed by atoms with Crippen molar-refractivity contribution in [2.45, 2.75) is 25.7 Å². The van der Waals surface area contributed by atoms with Crippen LogP contribution < -0.4 is 5.32 Å². The minimum absolute atomic E-state index is 0.321. The van der Waals surface area contributed by atoms with Crippen molar-refractivity contribution in [2.24, 2.45) is 0 Å². The highest BCUT2D eigenvalue weighted by molar-refractivity contribution is 7.19. The number of aromatic amines is 1. The summed E-state index contributed by atoms with van der Waals surface area (Å²) in [4.78, 5) is 14.7. The number of hydrogen-bond donors (Lipinski definition) is 2. The molecule has 0 fully saturated rings. The monoisotopic (exact) mass is 368 g/mol. The van der Waals surface area contributed by atoms with Gasteiger partial charge in [0.05, 0.1) is 5.39 Å². The number of thiophene rings is 1. The Labute approximate surface area is 154 Å². The third-order valence-corrected chi connectivity index (χ3v) is 6.25. The molecule has 0 radical (unpaired) electrons. The van der Waals surface area contributed by atoms with E-state index in [1.165, 1.54) is 38.7 Å². The molecular formula is C19H17ClN4S. The molecule has 6 heteroatoms. The van der Waals surface area contributed by atoms with E-state index in [4.69, 9.17) is 11.6 Å². The largest absolute Gasteiger partial charge is 0.369 e. The Balaban J connectivity index is 1.42. The van der Waals surface area contributed by atoms with Crippen LogP contribution in [0.25, 0.3) is 21.1 Å². The molecule has 1 aromatic carbocycles. The molecule has 0 aliphatic heterocycles. The van der Waals surface area contributed by atoms with Crippen molar-refractivity contribution in [1.29, 1.82) is 0 Å². The lowest BCUT2D eigenvalue weighted by molar-refractivity contribution is 0.917. The zero-order valence-corrected chi connectivity index (χ0v) is 15.2. The summed E-state index contributed by atoms with van der Waals surface area (Å²) in [6, 6.07) is 8.40. The van der Waals surface area contributed by atoms with Crippen LogP contribution >= 0.6 is 22.9 Å². The predicted molar refractivity (Wildman–Crippen MR) is 105 cm³/mol. The molecule has 0 amide bonds. The van der Waals surface area contributed by atoms with Gasteiger partial charge >= 0.3 is 0 Å². The molecule has 1 aliphatic rings. The summed E-state index contributed by atoms with van der Waals surface area (Å²) in [6.45, 7) is 0.814. The number of rotatable bonds is 4. The lowest BCUT2D eigenvalue weighted by Crippen LogP contribution is -2.07. The molecule has 1 aliphatic carbocycles. The highest BCUT2D eigenvalue weighted by Gasteiger charge is 2.22. The number of hydrogen-bond acceptors (Lipinski definition) is 4. The van der Waals surface area contributed by atoms with Crippen LogP contribution in [0, 0.1) is 0 Å². The standard InChI is InChI=1S/C19H17ClN4S/c20-19-23-17(16-13-5-3-7-15(13)25-18(16)24-19)21-9-8-11-10-22-14-6-2-1-4-12(11)14/h1-2,4,6,10,22H,3,5,7-9H2,(H,21,23,24). The molecule has 3 heterocycles. The molecule has 126 valence electrons. The van der Waals surface area contributed by atoms with Crippen LogP contribution in [0.4, 0.5) is 5.82 Å². The number of H-pyrrole nitrogens is 1. The third-order valence-electron chi connectivity index (χ3n) is 4.90. The quantitative estimate of drug-likeness (QED) is 0.500. The van der Waals surface area contributed by atoms with Gasteiger partial charge in [0.25, 0.3) is 0 Å². The van der Waals surface area contributed by atoms with Gasteiger partial charge in [-0.3, -0.25) is 0 Å². The van der Waals surface area contributed by atoms with Crippen LogP contribution in [0.15, 0.2) is 30.5 Å². The number of anilines is 1. The van der Waals surface area contributed by atoms with Crippen molar-refractivity contribution in [1.82, 2.24) is 15.0 Å². The average Bonchev–Trinajstić information content (AvgIpc) is 3.29. The highest BCUT2D eigenvalue weighted by Crippen LogP contribution is 2.39. The first-order valence-corrected chi connectivity index (χ1v) is 9.76. The minimum Gasteiger partial charge on any atom is -0.369 e. The second kappa shape index (κ2) is 6.00. The van der Waals surface area contributed by atoms with Crippen LogP contribution in [0.5, 0.6) is 0 Å². The maximum Gasteiger partial charge on any atom is 0.225 e. The van der Waals surface area contributed by atoms with Gasteiger partial charge in [-0.05, 0) is 54.5 Å². The van der Waals surface area contributed by atoms with Gasteiger partial charge in [-0.2, -0.15) is 0 Å². The second-order valence-electron chi connectivity index (χ2n) is 6.42. The first-order valence-electron chi connectivity index (χ1n) is 8.56. The topological polar surface area (TPSA) is 53.6 Å². The van der Waals surface area contributed by atoms with Gasteiger partial charge in [0, 0.05) is 28.5 Å². The number of aromatic nitrogens is 3. The van der Waals surface area contributed by atoms with E-state index in [0.717, 1.165) is 36.5 Å². The summed E-state index contributed by atoms with van der Waals surface area (Å²) in [5, 5.41) is 6.29. The fraction of sp³-hybridized carbons (Fsp3) is 0.263. The predicted octanol–water partition coefficient (Wildman–Crippen LogP) is 4.97. The number of fused-ring (bicyclic) bond motifs is 4. The van der Waals surface area contributed by atoms with E-state index >= 15 is 0 Å². The third kappa shape index (κ3) is 2.58. The summed E-state index contributed by atoms with van der Waals surface area (Å²) in [6.07, 6.45) is 6.53. The molecule has 0 atom stereocenters. The lowest BCUT2D eigenvalue weighted by atomic mass is 10.1. The number of para-hydroxylation sites is 1. The second-order valence-corrected chi connectivity index (χ2v) is 7.84. The first kappa shape index (κ1) is 15.2. The molecule has 2 N–H and O–H groups in total. The lowest BCUT2D eigenvalue weighted by Gasteiger charge is -2.08. The van der Waals surface area contributed by atoms with E-state index < -0.39 is 0 Å². The molecule has 0 unspecified atom stereocenters. The van der Waals surface area contributed by atoms with Gasteiger partial charge < -0.3 is 10.3 Å². The Kier molecular flexibility index (Phi) is 3.64. The summed E-state index contributed by atoms with van der Waals surface area (Å²) in [5.74, 6) is 0.884. The molecule has 0 saturated carbocycles. The zero-order valence-electron chi connectivity index (χ0n) is 13.6. The van der Waals surface area contributed by atoms with E-state index in [-0.39, 0.29) is 0 Å². The van der Waals surface area contributed by atoms with Crippen molar-refractivity contribution in [3.8, 4) is 0 Å². The van der Waals surface area contributed by atoms with Crippen molar-refractivity contribution < 1.29 is 0 Å². The Hall–Kier alpha value is -2.11. The fourth-order valence-electron chi connectivity index (χ4n) is 3.75. The number of nitrogens with zero attached hydrogens (tertiary/aromatic N) is 2. The molecule has 0 saturated heterocycles. The van der Waals surface area contributed by atoms with Crippen molar-refractivity contribution in [3.05, 3.63) is 51.7 Å². The Bertz CT molecular complexity index is 1080. The Morgan fingerprint density at radius 2 is 2.12 bits per heavy atom. The van der Waals surface area contributed by atoms with E-state index in [0.29, 0.717) is 5.28 Å². The zero-order chi connectivity index (χ0) is 16.8. The highest BCUT2D eigenvalue weighted by atomic mass is 35.5. The molecule has 4 aromatic rings. The number of halogens is 1. The van der Waals surface area contributed by atoms with E-state index in [9.17, 15) is 0 Å². The smallest absolute Gasteiger partial charge is 0.225 e. The van der Waals surface area contributed by atoms with Crippen molar-refractivity contribution >= 4 is 49.9 Å². The van der Waals surface area contributed by atoms with Crippen molar-refractivity contribution in [3.63, 3.8) is 0 Å². The molecule has 25 heavy (non-hydrogen) atoms. The minimum atomic E-state index is 0.321. The maximum atomic E-state index is 6.14. The Morgan fingerprint density at radius 3 is 3.08 bits per heavy atom. The normalized spacial score (nSPS) is 13.6. The fourth-order valence-corrected chi connectivity index (χ4v) is 5.23. The average molecular weight is 369 g/mol. The van der Waals surface area contributed by atoms with E-state index in [1.807, 2.05) is 0 Å². The molecule has 5 rings (SSSR count). The summed E-state index contributed by atoms with van der Waals surface area (Å²) in [7, 11) is 0. The van der Waals surface area contributed by atoms with Gasteiger partial charge in [0.15, 0.2) is 0 Å². The number of benzene rings is 1. The molecule has 0 bridgehead atoms. The van der Waals surface area contributed by atoms with Crippen LogP contribution in [0.3, 0.4) is 0 Å². The molecule has 4 nitrogen and oxygen atoms in total. The van der Waals surface area contributed by atoms with Crippen LogP contribution in [-0.2, 0) is 19.3 Å². The maximum absolute atomic E-state index is 6.14. The summed E-state index contributed by atoms with van der Waals surface area (Å²) >= 11 is 7.91. The van der Waals surface area contributed by atoms with E-state index in [2.05, 4.69) is 50.7 Å².